The molecule has 0 amide bonds. The Morgan fingerprint density at radius 1 is 0.818 bits per heavy atom. The van der Waals surface area contributed by atoms with Gasteiger partial charge >= 0.3 is 0 Å². The lowest BCUT2D eigenvalue weighted by Crippen LogP contribution is -2.29. The van der Waals surface area contributed by atoms with Gasteiger partial charge < -0.3 is 29.2 Å². The van der Waals surface area contributed by atoms with E-state index in [-0.39, 0.29) is 0 Å². The van der Waals surface area contributed by atoms with Crippen LogP contribution in [0.1, 0.15) is 6.92 Å². The van der Waals surface area contributed by atoms with E-state index in [1.165, 1.54) is 0 Å². The Morgan fingerprint density at radius 2 is 1.32 bits per heavy atom. The zero-order valence-corrected chi connectivity index (χ0v) is 14.6. The second-order valence-corrected chi connectivity index (χ2v) is 5.40. The molecule has 0 heterocycles. The van der Waals surface area contributed by atoms with Crippen LogP contribution in [0.15, 0.2) is 12.2 Å². The van der Waals surface area contributed by atoms with Crippen LogP contribution in [0.5, 0.6) is 0 Å². The summed E-state index contributed by atoms with van der Waals surface area (Å²) in [6.07, 6.45) is 0. The van der Waals surface area contributed by atoms with Crippen LogP contribution in [0, 0.1) is 0 Å². The highest BCUT2D eigenvalue weighted by Crippen LogP contribution is 1.88. The fraction of sp³-hybridized carbons (Fsp3) is 0.875. The molecule has 0 bridgehead atoms. The summed E-state index contributed by atoms with van der Waals surface area (Å²) in [6, 6.07) is 0. The molecular formula is C16H34N2O4. The summed E-state index contributed by atoms with van der Waals surface area (Å²) in [7, 11) is 4.13. The molecule has 6 nitrogen and oxygen atoms in total. The Morgan fingerprint density at radius 3 is 1.82 bits per heavy atom. The first-order valence-electron chi connectivity index (χ1n) is 7.93. The van der Waals surface area contributed by atoms with Gasteiger partial charge in [-0.1, -0.05) is 12.2 Å². The summed E-state index contributed by atoms with van der Waals surface area (Å²) in [6.45, 7) is 13.5. The molecule has 0 saturated carbocycles. The Hall–Kier alpha value is -0.500. The fourth-order valence-corrected chi connectivity index (χ4v) is 1.48. The third kappa shape index (κ3) is 19.5. The monoisotopic (exact) mass is 318 g/mol. The summed E-state index contributed by atoms with van der Waals surface area (Å²) in [5.74, 6) is 0. The van der Waals surface area contributed by atoms with Crippen molar-refractivity contribution in [3.8, 4) is 0 Å². The highest BCUT2D eigenvalue weighted by molar-refractivity contribution is 4.87. The van der Waals surface area contributed by atoms with Crippen LogP contribution in [0.3, 0.4) is 0 Å². The number of hydrogen-bond acceptors (Lipinski definition) is 6. The summed E-state index contributed by atoms with van der Waals surface area (Å²) in [4.78, 5) is 2.15. The van der Waals surface area contributed by atoms with E-state index in [0.717, 1.165) is 25.2 Å². The first-order valence-corrected chi connectivity index (χ1v) is 7.93. The maximum atomic E-state index is 5.45. The van der Waals surface area contributed by atoms with Crippen molar-refractivity contribution in [2.45, 2.75) is 6.92 Å². The van der Waals surface area contributed by atoms with Crippen molar-refractivity contribution in [1.29, 1.82) is 0 Å². The van der Waals surface area contributed by atoms with Gasteiger partial charge in [0.1, 0.15) is 0 Å². The normalized spacial score (nSPS) is 11.3. The second kappa shape index (κ2) is 16.9. The molecule has 0 aromatic heterocycles. The number of nitrogens with one attached hydrogen (secondary N) is 1. The van der Waals surface area contributed by atoms with Crippen LogP contribution in [0.4, 0.5) is 0 Å². The molecule has 1 N–H and O–H groups in total. The molecule has 0 atom stereocenters. The van der Waals surface area contributed by atoms with Gasteiger partial charge in [0.2, 0.25) is 0 Å². The SMILES string of the molecule is C=C(C)COCCOCCOCCOCCNCCN(C)C. The van der Waals surface area contributed by atoms with Crippen molar-refractivity contribution in [1.82, 2.24) is 10.2 Å². The molecule has 22 heavy (non-hydrogen) atoms. The second-order valence-electron chi connectivity index (χ2n) is 5.40. The summed E-state index contributed by atoms with van der Waals surface area (Å²) in [5.41, 5.74) is 1.02. The molecule has 0 spiro atoms. The molecule has 0 aromatic rings. The zero-order chi connectivity index (χ0) is 16.5. The molecule has 6 heteroatoms. The molecular weight excluding hydrogens is 284 g/mol. The Bertz CT molecular complexity index is 250. The third-order valence-electron chi connectivity index (χ3n) is 2.62. The highest BCUT2D eigenvalue weighted by atomic mass is 16.6. The zero-order valence-electron chi connectivity index (χ0n) is 14.6. The van der Waals surface area contributed by atoms with E-state index in [1.54, 1.807) is 0 Å². The summed E-state index contributed by atoms with van der Waals surface area (Å²) >= 11 is 0. The Kier molecular flexibility index (Phi) is 16.5. The largest absolute Gasteiger partial charge is 0.378 e. The Balaban J connectivity index is 2.98. The number of likely N-dealkylation sites (N-methyl/N-ethyl adjacent to an activating group) is 1. The van der Waals surface area contributed by atoms with Crippen LogP contribution >= 0.6 is 0 Å². The van der Waals surface area contributed by atoms with Crippen LogP contribution in [0.2, 0.25) is 0 Å². The quantitative estimate of drug-likeness (QED) is 0.316. The van der Waals surface area contributed by atoms with Gasteiger partial charge in [-0.2, -0.15) is 0 Å². The first kappa shape index (κ1) is 21.5. The van der Waals surface area contributed by atoms with Crippen molar-refractivity contribution in [2.24, 2.45) is 0 Å². The van der Waals surface area contributed by atoms with Gasteiger partial charge in [0.05, 0.1) is 52.9 Å². The average Bonchev–Trinajstić information content (AvgIpc) is 2.46. The highest BCUT2D eigenvalue weighted by Gasteiger charge is 1.93. The summed E-state index contributed by atoms with van der Waals surface area (Å²) < 4.78 is 21.5. The van der Waals surface area contributed by atoms with Crippen LogP contribution < -0.4 is 5.32 Å². The van der Waals surface area contributed by atoms with Gasteiger partial charge in [0, 0.05) is 19.6 Å². The van der Waals surface area contributed by atoms with Crippen LogP contribution in [-0.2, 0) is 18.9 Å². The van der Waals surface area contributed by atoms with Gasteiger partial charge in [0.25, 0.3) is 0 Å². The average molecular weight is 318 g/mol. The van der Waals surface area contributed by atoms with E-state index in [4.69, 9.17) is 18.9 Å². The predicted octanol–water partition coefficient (Wildman–Crippen LogP) is 0.780. The minimum absolute atomic E-state index is 0.586. The minimum Gasteiger partial charge on any atom is -0.378 e. The van der Waals surface area contributed by atoms with E-state index in [1.807, 2.05) is 6.92 Å². The molecule has 0 unspecified atom stereocenters. The lowest BCUT2D eigenvalue weighted by atomic mass is 10.4. The van der Waals surface area contributed by atoms with Crippen LogP contribution in [-0.4, -0.2) is 91.5 Å². The molecule has 0 aromatic carbocycles. The van der Waals surface area contributed by atoms with E-state index in [2.05, 4.69) is 30.9 Å². The number of ether oxygens (including phenoxy) is 4. The topological polar surface area (TPSA) is 52.2 Å². The standard InChI is InChI=1S/C16H34N2O4/c1-16(2)15-22-14-13-21-12-11-20-10-9-19-8-6-17-5-7-18(3)4/h17H,1,5-15H2,2-4H3. The first-order chi connectivity index (χ1) is 10.6. The van der Waals surface area contributed by atoms with Crippen molar-refractivity contribution in [3.63, 3.8) is 0 Å². The lowest BCUT2D eigenvalue weighted by molar-refractivity contribution is 0.000795. The molecule has 0 fully saturated rings. The summed E-state index contributed by atoms with van der Waals surface area (Å²) in [5, 5.41) is 3.31. The lowest BCUT2D eigenvalue weighted by Gasteiger charge is -2.10. The molecule has 0 saturated heterocycles. The van der Waals surface area contributed by atoms with Gasteiger partial charge in [-0.15, -0.1) is 0 Å². The molecule has 0 aliphatic heterocycles. The third-order valence-corrected chi connectivity index (χ3v) is 2.62. The molecule has 0 rings (SSSR count). The van der Waals surface area contributed by atoms with Crippen molar-refractivity contribution >= 4 is 0 Å². The van der Waals surface area contributed by atoms with Crippen molar-refractivity contribution in [2.75, 3.05) is 86.6 Å². The smallest absolute Gasteiger partial charge is 0.0704 e. The Labute approximate surface area is 135 Å². The fourth-order valence-electron chi connectivity index (χ4n) is 1.48. The maximum Gasteiger partial charge on any atom is 0.0704 e. The molecule has 132 valence electrons. The minimum atomic E-state index is 0.586. The number of rotatable bonds is 17. The maximum absolute atomic E-state index is 5.45. The predicted molar refractivity (Wildman–Crippen MR) is 89.5 cm³/mol. The van der Waals surface area contributed by atoms with E-state index >= 15 is 0 Å². The van der Waals surface area contributed by atoms with Gasteiger partial charge in [-0.05, 0) is 21.0 Å². The molecule has 0 aliphatic rings. The molecule has 0 aliphatic carbocycles. The van der Waals surface area contributed by atoms with Crippen molar-refractivity contribution in [3.05, 3.63) is 12.2 Å². The van der Waals surface area contributed by atoms with Gasteiger partial charge in [0.15, 0.2) is 0 Å². The van der Waals surface area contributed by atoms with Crippen molar-refractivity contribution < 1.29 is 18.9 Å². The van der Waals surface area contributed by atoms with Crippen LogP contribution in [0.25, 0.3) is 0 Å². The van der Waals surface area contributed by atoms with E-state index < -0.39 is 0 Å². The van der Waals surface area contributed by atoms with Gasteiger partial charge in [-0.3, -0.25) is 0 Å². The number of nitrogens with zero attached hydrogens (tertiary/aromatic N) is 1. The number of hydrogen-bond donors (Lipinski definition) is 1. The van der Waals surface area contributed by atoms with E-state index in [9.17, 15) is 0 Å². The van der Waals surface area contributed by atoms with Gasteiger partial charge in [-0.25, -0.2) is 0 Å². The van der Waals surface area contributed by atoms with E-state index in [0.29, 0.717) is 52.9 Å². The molecule has 0 radical (unpaired) electrons.